The second-order valence-corrected chi connectivity index (χ2v) is 4.73. The number of carbonyl (C=O) groups is 1. The van der Waals surface area contributed by atoms with Crippen molar-refractivity contribution in [3.05, 3.63) is 58.1 Å². The van der Waals surface area contributed by atoms with Gasteiger partial charge in [-0.25, -0.2) is 4.79 Å². The smallest absolute Gasteiger partial charge is 0.336 e. The van der Waals surface area contributed by atoms with Crippen molar-refractivity contribution in [1.82, 2.24) is 0 Å². The number of halogens is 1. The molecular weight excluding hydrogens is 280 g/mol. The fraction of sp³-hybridized carbons (Fsp3) is 0.0714. The SMILES string of the molecule is Cc1ccccc1-c1ccc(Br)cc1C(=O)O. The molecule has 0 spiro atoms. The summed E-state index contributed by atoms with van der Waals surface area (Å²) >= 11 is 3.29. The Morgan fingerprint density at radius 3 is 2.47 bits per heavy atom. The summed E-state index contributed by atoms with van der Waals surface area (Å²) < 4.78 is 0.771. The van der Waals surface area contributed by atoms with E-state index in [-0.39, 0.29) is 0 Å². The van der Waals surface area contributed by atoms with E-state index in [1.165, 1.54) is 0 Å². The molecule has 2 aromatic rings. The molecule has 0 saturated heterocycles. The number of aromatic carboxylic acids is 1. The van der Waals surface area contributed by atoms with Crippen LogP contribution in [0, 0.1) is 6.92 Å². The van der Waals surface area contributed by atoms with E-state index in [0.29, 0.717) is 5.56 Å². The third-order valence-corrected chi connectivity index (χ3v) is 3.14. The van der Waals surface area contributed by atoms with Gasteiger partial charge in [0.25, 0.3) is 0 Å². The van der Waals surface area contributed by atoms with E-state index < -0.39 is 5.97 Å². The van der Waals surface area contributed by atoms with Crippen molar-refractivity contribution in [2.45, 2.75) is 6.92 Å². The molecule has 0 atom stereocenters. The van der Waals surface area contributed by atoms with Crippen molar-refractivity contribution >= 4 is 21.9 Å². The van der Waals surface area contributed by atoms with Gasteiger partial charge in [0.05, 0.1) is 5.56 Å². The predicted octanol–water partition coefficient (Wildman–Crippen LogP) is 4.12. The van der Waals surface area contributed by atoms with Crippen LogP contribution in [0.25, 0.3) is 11.1 Å². The highest BCUT2D eigenvalue weighted by Gasteiger charge is 2.13. The van der Waals surface area contributed by atoms with E-state index >= 15 is 0 Å². The van der Waals surface area contributed by atoms with Gasteiger partial charge in [-0.1, -0.05) is 46.3 Å². The fourth-order valence-corrected chi connectivity index (χ4v) is 2.16. The number of rotatable bonds is 2. The minimum Gasteiger partial charge on any atom is -0.478 e. The number of aryl methyl sites for hydroxylation is 1. The van der Waals surface area contributed by atoms with E-state index in [1.807, 2.05) is 43.3 Å². The van der Waals surface area contributed by atoms with Crippen LogP contribution in [0.1, 0.15) is 15.9 Å². The average molecular weight is 291 g/mol. The Kier molecular flexibility index (Phi) is 3.29. The van der Waals surface area contributed by atoms with E-state index in [0.717, 1.165) is 21.2 Å². The summed E-state index contributed by atoms with van der Waals surface area (Å²) in [5.41, 5.74) is 3.09. The van der Waals surface area contributed by atoms with E-state index in [2.05, 4.69) is 15.9 Å². The minimum absolute atomic E-state index is 0.314. The van der Waals surface area contributed by atoms with Crippen LogP contribution in [0.15, 0.2) is 46.9 Å². The summed E-state index contributed by atoms with van der Waals surface area (Å²) in [6.07, 6.45) is 0. The summed E-state index contributed by atoms with van der Waals surface area (Å²) in [5.74, 6) is -0.912. The van der Waals surface area contributed by atoms with Crippen LogP contribution in [0.3, 0.4) is 0 Å². The van der Waals surface area contributed by atoms with Crippen LogP contribution in [-0.2, 0) is 0 Å². The van der Waals surface area contributed by atoms with Crippen LogP contribution in [-0.4, -0.2) is 11.1 Å². The Morgan fingerprint density at radius 1 is 1.12 bits per heavy atom. The monoisotopic (exact) mass is 290 g/mol. The average Bonchev–Trinajstić information content (AvgIpc) is 2.30. The molecule has 0 radical (unpaired) electrons. The van der Waals surface area contributed by atoms with E-state index in [4.69, 9.17) is 0 Å². The quantitative estimate of drug-likeness (QED) is 0.903. The molecule has 2 aromatic carbocycles. The normalized spacial score (nSPS) is 10.2. The van der Waals surface area contributed by atoms with Crippen LogP contribution in [0.5, 0.6) is 0 Å². The molecule has 1 N–H and O–H groups in total. The third kappa shape index (κ3) is 2.39. The number of carboxylic acid groups (broad SMARTS) is 1. The van der Waals surface area contributed by atoms with Crippen LogP contribution in [0.4, 0.5) is 0 Å². The van der Waals surface area contributed by atoms with Gasteiger partial charge < -0.3 is 5.11 Å². The summed E-state index contributed by atoms with van der Waals surface area (Å²) in [4.78, 5) is 11.2. The Hall–Kier alpha value is -1.61. The molecule has 0 bridgehead atoms. The molecule has 0 saturated carbocycles. The lowest BCUT2D eigenvalue weighted by Gasteiger charge is -2.09. The molecule has 86 valence electrons. The highest BCUT2D eigenvalue weighted by Crippen LogP contribution is 2.29. The molecule has 0 aliphatic heterocycles. The highest BCUT2D eigenvalue weighted by atomic mass is 79.9. The summed E-state index contributed by atoms with van der Waals surface area (Å²) in [5, 5.41) is 9.22. The van der Waals surface area contributed by atoms with Gasteiger partial charge in [0, 0.05) is 4.47 Å². The zero-order valence-electron chi connectivity index (χ0n) is 9.27. The topological polar surface area (TPSA) is 37.3 Å². The molecule has 0 aromatic heterocycles. The summed E-state index contributed by atoms with van der Waals surface area (Å²) in [6, 6.07) is 13.1. The Morgan fingerprint density at radius 2 is 1.82 bits per heavy atom. The minimum atomic E-state index is -0.912. The van der Waals surface area contributed by atoms with Gasteiger partial charge in [-0.05, 0) is 35.7 Å². The number of benzene rings is 2. The van der Waals surface area contributed by atoms with Gasteiger partial charge in [-0.3, -0.25) is 0 Å². The zero-order valence-corrected chi connectivity index (χ0v) is 10.9. The molecule has 0 amide bonds. The van der Waals surface area contributed by atoms with Crippen molar-refractivity contribution in [1.29, 1.82) is 0 Å². The second kappa shape index (κ2) is 4.72. The second-order valence-electron chi connectivity index (χ2n) is 3.81. The van der Waals surface area contributed by atoms with Crippen molar-refractivity contribution in [2.24, 2.45) is 0 Å². The maximum atomic E-state index is 11.2. The first-order chi connectivity index (χ1) is 8.09. The molecular formula is C14H11BrO2. The lowest BCUT2D eigenvalue weighted by molar-refractivity contribution is 0.0697. The first-order valence-corrected chi connectivity index (χ1v) is 5.98. The molecule has 2 nitrogen and oxygen atoms in total. The van der Waals surface area contributed by atoms with Crippen LogP contribution in [0.2, 0.25) is 0 Å². The Balaban J connectivity index is 2.68. The largest absolute Gasteiger partial charge is 0.478 e. The summed E-state index contributed by atoms with van der Waals surface area (Å²) in [6.45, 7) is 1.98. The first-order valence-electron chi connectivity index (χ1n) is 5.18. The standard InChI is InChI=1S/C14H11BrO2/c1-9-4-2-3-5-11(9)12-7-6-10(15)8-13(12)14(16)17/h2-8H,1H3,(H,16,17). The maximum absolute atomic E-state index is 11.2. The third-order valence-electron chi connectivity index (χ3n) is 2.65. The van der Waals surface area contributed by atoms with E-state index in [1.54, 1.807) is 6.07 Å². The first kappa shape index (κ1) is 11.9. The van der Waals surface area contributed by atoms with Gasteiger partial charge in [-0.2, -0.15) is 0 Å². The molecule has 17 heavy (non-hydrogen) atoms. The molecule has 2 rings (SSSR count). The molecule has 0 aliphatic rings. The van der Waals surface area contributed by atoms with Crippen LogP contribution < -0.4 is 0 Å². The molecule has 3 heteroatoms. The molecule has 0 unspecified atom stereocenters. The number of hydrogen-bond acceptors (Lipinski definition) is 1. The number of hydrogen-bond donors (Lipinski definition) is 1. The van der Waals surface area contributed by atoms with Crippen LogP contribution >= 0.6 is 15.9 Å². The lowest BCUT2D eigenvalue weighted by atomic mass is 9.96. The molecule has 0 fully saturated rings. The molecule has 0 heterocycles. The van der Waals surface area contributed by atoms with Crippen molar-refractivity contribution in [2.75, 3.05) is 0 Å². The molecule has 0 aliphatic carbocycles. The summed E-state index contributed by atoms with van der Waals surface area (Å²) in [7, 11) is 0. The lowest BCUT2D eigenvalue weighted by Crippen LogP contribution is -2.00. The van der Waals surface area contributed by atoms with E-state index in [9.17, 15) is 9.90 Å². The predicted molar refractivity (Wildman–Crippen MR) is 71.3 cm³/mol. The maximum Gasteiger partial charge on any atom is 0.336 e. The van der Waals surface area contributed by atoms with Gasteiger partial charge in [0.15, 0.2) is 0 Å². The fourth-order valence-electron chi connectivity index (χ4n) is 1.80. The Labute approximate surface area is 108 Å². The van der Waals surface area contributed by atoms with Crippen molar-refractivity contribution in [3.8, 4) is 11.1 Å². The van der Waals surface area contributed by atoms with Gasteiger partial charge in [-0.15, -0.1) is 0 Å². The van der Waals surface area contributed by atoms with Gasteiger partial charge in [0.2, 0.25) is 0 Å². The Bertz CT molecular complexity index is 576. The van der Waals surface area contributed by atoms with Gasteiger partial charge >= 0.3 is 5.97 Å². The van der Waals surface area contributed by atoms with Gasteiger partial charge in [0.1, 0.15) is 0 Å². The van der Waals surface area contributed by atoms with Crippen molar-refractivity contribution in [3.63, 3.8) is 0 Å². The highest BCUT2D eigenvalue weighted by molar-refractivity contribution is 9.10. The number of carboxylic acids is 1. The van der Waals surface area contributed by atoms with Crippen molar-refractivity contribution < 1.29 is 9.90 Å². The zero-order chi connectivity index (χ0) is 12.4.